The Hall–Kier alpha value is -1.35. The molecule has 2 N–H and O–H groups in total. The van der Waals surface area contributed by atoms with Crippen LogP contribution in [0.5, 0.6) is 0 Å². The minimum atomic E-state index is -0.175. The second-order valence-electron chi connectivity index (χ2n) is 4.60. The lowest BCUT2D eigenvalue weighted by Crippen LogP contribution is -2.43. The van der Waals surface area contributed by atoms with Crippen LogP contribution in [0.2, 0.25) is 0 Å². The van der Waals surface area contributed by atoms with Gasteiger partial charge in [0.05, 0.1) is 6.04 Å². The first-order valence-electron chi connectivity index (χ1n) is 6.71. The Morgan fingerprint density at radius 2 is 1.78 bits per heavy atom. The molecular formula is C15H24N2O. The molecule has 2 atom stereocenters. The molecule has 0 saturated carbocycles. The molecule has 100 valence electrons. The normalized spacial score (nSPS) is 14.0. The summed E-state index contributed by atoms with van der Waals surface area (Å²) in [6.45, 7) is 8.72. The maximum atomic E-state index is 11.6. The smallest absolute Gasteiger partial charge is 0.236 e. The SMILES string of the molecule is CCNC(=O)C(C)NC(C)c1ccc(CC)cc1. The van der Waals surface area contributed by atoms with E-state index in [-0.39, 0.29) is 18.0 Å². The van der Waals surface area contributed by atoms with Gasteiger partial charge < -0.3 is 5.32 Å². The van der Waals surface area contributed by atoms with Gasteiger partial charge >= 0.3 is 0 Å². The molecule has 2 unspecified atom stereocenters. The molecule has 1 rings (SSSR count). The van der Waals surface area contributed by atoms with Crippen molar-refractivity contribution in [2.75, 3.05) is 6.54 Å². The molecule has 3 nitrogen and oxygen atoms in total. The van der Waals surface area contributed by atoms with E-state index in [4.69, 9.17) is 0 Å². The van der Waals surface area contributed by atoms with Gasteiger partial charge in [-0.05, 0) is 38.3 Å². The van der Waals surface area contributed by atoms with Gasteiger partial charge in [0.2, 0.25) is 5.91 Å². The standard InChI is InChI=1S/C15H24N2O/c1-5-13-7-9-14(10-8-13)11(3)17-12(4)15(18)16-6-2/h7-12,17H,5-6H2,1-4H3,(H,16,18). The molecule has 0 fully saturated rings. The number of aryl methyl sites for hydroxylation is 1. The van der Waals surface area contributed by atoms with Crippen molar-refractivity contribution in [3.05, 3.63) is 35.4 Å². The van der Waals surface area contributed by atoms with Crippen LogP contribution in [0.1, 0.15) is 44.9 Å². The maximum Gasteiger partial charge on any atom is 0.236 e. The first-order valence-corrected chi connectivity index (χ1v) is 6.71. The van der Waals surface area contributed by atoms with Crippen molar-refractivity contribution in [3.63, 3.8) is 0 Å². The summed E-state index contributed by atoms with van der Waals surface area (Å²) in [5.41, 5.74) is 2.55. The van der Waals surface area contributed by atoms with Crippen LogP contribution in [0.4, 0.5) is 0 Å². The molecule has 0 aliphatic rings. The average molecular weight is 248 g/mol. The third-order valence-electron chi connectivity index (χ3n) is 3.13. The molecule has 0 saturated heterocycles. The van der Waals surface area contributed by atoms with Crippen molar-refractivity contribution in [1.29, 1.82) is 0 Å². The van der Waals surface area contributed by atoms with Gasteiger partial charge in [0.1, 0.15) is 0 Å². The van der Waals surface area contributed by atoms with Crippen molar-refractivity contribution in [1.82, 2.24) is 10.6 Å². The highest BCUT2D eigenvalue weighted by molar-refractivity contribution is 5.81. The zero-order valence-electron chi connectivity index (χ0n) is 11.8. The van der Waals surface area contributed by atoms with Crippen LogP contribution in [0.15, 0.2) is 24.3 Å². The van der Waals surface area contributed by atoms with E-state index >= 15 is 0 Å². The van der Waals surface area contributed by atoms with Gasteiger partial charge in [-0.1, -0.05) is 31.2 Å². The predicted molar refractivity (Wildman–Crippen MR) is 75.5 cm³/mol. The van der Waals surface area contributed by atoms with Crippen molar-refractivity contribution >= 4 is 5.91 Å². The summed E-state index contributed by atoms with van der Waals surface area (Å²) in [5.74, 6) is 0.0505. The molecule has 0 aliphatic carbocycles. The molecule has 1 aromatic carbocycles. The van der Waals surface area contributed by atoms with Crippen LogP contribution >= 0.6 is 0 Å². The lowest BCUT2D eigenvalue weighted by atomic mass is 10.0. The number of hydrogen-bond acceptors (Lipinski definition) is 2. The maximum absolute atomic E-state index is 11.6. The minimum Gasteiger partial charge on any atom is -0.355 e. The van der Waals surface area contributed by atoms with E-state index in [1.54, 1.807) is 0 Å². The number of carbonyl (C=O) groups excluding carboxylic acids is 1. The van der Waals surface area contributed by atoms with Crippen LogP contribution in [0, 0.1) is 0 Å². The first kappa shape index (κ1) is 14.7. The quantitative estimate of drug-likeness (QED) is 0.812. The van der Waals surface area contributed by atoms with Gasteiger partial charge in [0.15, 0.2) is 0 Å². The average Bonchev–Trinajstić information content (AvgIpc) is 2.39. The molecule has 3 heteroatoms. The van der Waals surface area contributed by atoms with Crippen LogP contribution in [0.3, 0.4) is 0 Å². The van der Waals surface area contributed by atoms with E-state index in [2.05, 4.69) is 48.7 Å². The molecular weight excluding hydrogens is 224 g/mol. The van der Waals surface area contributed by atoms with Crippen molar-refractivity contribution in [2.45, 2.75) is 46.2 Å². The lowest BCUT2D eigenvalue weighted by Gasteiger charge is -2.20. The summed E-state index contributed by atoms with van der Waals surface area (Å²) in [5, 5.41) is 6.13. The predicted octanol–water partition coefficient (Wildman–Crippen LogP) is 2.42. The number of amides is 1. The molecule has 0 heterocycles. The Morgan fingerprint density at radius 3 is 2.28 bits per heavy atom. The zero-order valence-corrected chi connectivity index (χ0v) is 11.8. The fraction of sp³-hybridized carbons (Fsp3) is 0.533. The highest BCUT2D eigenvalue weighted by Crippen LogP contribution is 2.14. The first-order chi connectivity index (χ1) is 8.58. The number of rotatable bonds is 6. The van der Waals surface area contributed by atoms with Crippen LogP contribution in [0.25, 0.3) is 0 Å². The highest BCUT2D eigenvalue weighted by Gasteiger charge is 2.15. The Morgan fingerprint density at radius 1 is 1.17 bits per heavy atom. The Kier molecular flexibility index (Phi) is 5.86. The second kappa shape index (κ2) is 7.17. The number of likely N-dealkylation sites (N-methyl/N-ethyl adjacent to an activating group) is 1. The summed E-state index contributed by atoms with van der Waals surface area (Å²) in [7, 11) is 0. The number of nitrogens with one attached hydrogen (secondary N) is 2. The van der Waals surface area contributed by atoms with E-state index in [1.165, 1.54) is 11.1 Å². The Bertz CT molecular complexity index is 373. The fourth-order valence-corrected chi connectivity index (χ4v) is 1.92. The molecule has 0 aliphatic heterocycles. The van der Waals surface area contributed by atoms with Crippen molar-refractivity contribution in [3.8, 4) is 0 Å². The van der Waals surface area contributed by atoms with Gasteiger partial charge in [-0.2, -0.15) is 0 Å². The molecule has 1 aromatic rings. The van der Waals surface area contributed by atoms with Gasteiger partial charge in [-0.3, -0.25) is 10.1 Å². The molecule has 0 spiro atoms. The van der Waals surface area contributed by atoms with E-state index in [0.717, 1.165) is 6.42 Å². The van der Waals surface area contributed by atoms with E-state index in [1.807, 2.05) is 13.8 Å². The van der Waals surface area contributed by atoms with Crippen LogP contribution in [-0.4, -0.2) is 18.5 Å². The minimum absolute atomic E-state index is 0.0505. The highest BCUT2D eigenvalue weighted by atomic mass is 16.2. The fourth-order valence-electron chi connectivity index (χ4n) is 1.92. The molecule has 0 radical (unpaired) electrons. The van der Waals surface area contributed by atoms with Gasteiger partial charge in [-0.15, -0.1) is 0 Å². The Labute approximate surface area is 110 Å². The number of benzene rings is 1. The lowest BCUT2D eigenvalue weighted by molar-refractivity contribution is -0.122. The van der Waals surface area contributed by atoms with Gasteiger partial charge in [-0.25, -0.2) is 0 Å². The van der Waals surface area contributed by atoms with Crippen LogP contribution in [-0.2, 0) is 11.2 Å². The molecule has 18 heavy (non-hydrogen) atoms. The van der Waals surface area contributed by atoms with Crippen molar-refractivity contribution in [2.24, 2.45) is 0 Å². The van der Waals surface area contributed by atoms with Gasteiger partial charge in [0.25, 0.3) is 0 Å². The summed E-state index contributed by atoms with van der Waals surface area (Å²) in [4.78, 5) is 11.6. The molecule has 0 aromatic heterocycles. The Balaban J connectivity index is 2.58. The number of hydrogen-bond donors (Lipinski definition) is 2. The third-order valence-corrected chi connectivity index (χ3v) is 3.13. The summed E-state index contributed by atoms with van der Waals surface area (Å²) in [6.07, 6.45) is 1.05. The van der Waals surface area contributed by atoms with Crippen LogP contribution < -0.4 is 10.6 Å². The molecule has 0 bridgehead atoms. The van der Waals surface area contributed by atoms with E-state index < -0.39 is 0 Å². The molecule has 1 amide bonds. The van der Waals surface area contributed by atoms with Crippen molar-refractivity contribution < 1.29 is 4.79 Å². The zero-order chi connectivity index (χ0) is 13.5. The largest absolute Gasteiger partial charge is 0.355 e. The van der Waals surface area contributed by atoms with E-state index in [9.17, 15) is 4.79 Å². The van der Waals surface area contributed by atoms with Gasteiger partial charge in [0, 0.05) is 12.6 Å². The monoisotopic (exact) mass is 248 g/mol. The number of carbonyl (C=O) groups is 1. The second-order valence-corrected chi connectivity index (χ2v) is 4.60. The summed E-state index contributed by atoms with van der Waals surface area (Å²) in [6, 6.07) is 8.54. The summed E-state index contributed by atoms with van der Waals surface area (Å²) >= 11 is 0. The van der Waals surface area contributed by atoms with E-state index in [0.29, 0.717) is 6.54 Å². The topological polar surface area (TPSA) is 41.1 Å². The third kappa shape index (κ3) is 4.15. The summed E-state index contributed by atoms with van der Waals surface area (Å²) < 4.78 is 0.